The van der Waals surface area contributed by atoms with Crippen LogP contribution < -0.4 is 0 Å². The van der Waals surface area contributed by atoms with Crippen LogP contribution in [0.5, 0.6) is 0 Å². The third kappa shape index (κ3) is 4.28. The number of carbonyl (C=O) groups excluding carboxylic acids is 1. The fourth-order valence-electron chi connectivity index (χ4n) is 3.79. The average Bonchev–Trinajstić information content (AvgIpc) is 2.65. The minimum atomic E-state index is -0.710. The molecule has 0 N–H and O–H groups in total. The lowest BCUT2D eigenvalue weighted by atomic mass is 9.75. The van der Waals surface area contributed by atoms with E-state index in [4.69, 9.17) is 4.74 Å². The molecule has 0 saturated carbocycles. The Kier molecular flexibility index (Phi) is 5.99. The summed E-state index contributed by atoms with van der Waals surface area (Å²) < 4.78 is 19.6. The first-order valence-corrected chi connectivity index (χ1v) is 9.15. The summed E-state index contributed by atoms with van der Waals surface area (Å²) in [5, 5.41) is 0. The third-order valence-corrected chi connectivity index (χ3v) is 4.98. The lowest BCUT2D eigenvalue weighted by molar-refractivity contribution is -0.159. The van der Waals surface area contributed by atoms with Gasteiger partial charge in [-0.05, 0) is 56.0 Å². The van der Waals surface area contributed by atoms with Gasteiger partial charge >= 0.3 is 5.97 Å². The summed E-state index contributed by atoms with van der Waals surface area (Å²) in [6.45, 7) is 4.35. The SMILES string of the molecule is CCOC(=O)[C@@]1(Cc2ccccc2F)CCCN(Cc2cccnc2)C1. The van der Waals surface area contributed by atoms with Crippen LogP contribution in [0.15, 0.2) is 48.8 Å². The molecule has 2 aromatic rings. The Labute approximate surface area is 154 Å². The minimum absolute atomic E-state index is 0.223. The zero-order valence-electron chi connectivity index (χ0n) is 15.2. The van der Waals surface area contributed by atoms with E-state index in [1.807, 2.05) is 31.3 Å². The molecule has 1 saturated heterocycles. The first-order valence-electron chi connectivity index (χ1n) is 9.15. The summed E-state index contributed by atoms with van der Waals surface area (Å²) >= 11 is 0. The Morgan fingerprint density at radius 3 is 2.88 bits per heavy atom. The van der Waals surface area contributed by atoms with Gasteiger partial charge in [0.2, 0.25) is 0 Å². The Hall–Kier alpha value is -2.27. The Morgan fingerprint density at radius 1 is 1.31 bits per heavy atom. The molecule has 0 aliphatic carbocycles. The van der Waals surface area contributed by atoms with Crippen LogP contribution in [0.4, 0.5) is 4.39 Å². The van der Waals surface area contributed by atoms with Gasteiger partial charge in [0, 0.05) is 25.5 Å². The fraction of sp³-hybridized carbons (Fsp3) is 0.429. The van der Waals surface area contributed by atoms with Crippen molar-refractivity contribution < 1.29 is 13.9 Å². The molecule has 1 aromatic heterocycles. The van der Waals surface area contributed by atoms with Gasteiger partial charge in [-0.15, -0.1) is 0 Å². The van der Waals surface area contributed by atoms with E-state index in [0.29, 0.717) is 31.6 Å². The van der Waals surface area contributed by atoms with Gasteiger partial charge in [0.05, 0.1) is 12.0 Å². The number of hydrogen-bond donors (Lipinski definition) is 0. The van der Waals surface area contributed by atoms with Gasteiger partial charge in [-0.2, -0.15) is 0 Å². The lowest BCUT2D eigenvalue weighted by Gasteiger charge is -2.41. The van der Waals surface area contributed by atoms with Crippen LogP contribution in [0.1, 0.15) is 30.9 Å². The number of esters is 1. The smallest absolute Gasteiger partial charge is 0.313 e. The number of rotatable bonds is 6. The number of benzene rings is 1. The quantitative estimate of drug-likeness (QED) is 0.742. The molecular weight excluding hydrogens is 331 g/mol. The molecule has 0 radical (unpaired) electrons. The van der Waals surface area contributed by atoms with E-state index in [1.165, 1.54) is 6.07 Å². The van der Waals surface area contributed by atoms with Crippen molar-refractivity contribution in [2.24, 2.45) is 5.41 Å². The molecular formula is C21H25FN2O2. The van der Waals surface area contributed by atoms with E-state index in [0.717, 1.165) is 25.1 Å². The fourth-order valence-corrected chi connectivity index (χ4v) is 3.79. The number of pyridine rings is 1. The molecule has 0 bridgehead atoms. The molecule has 2 heterocycles. The molecule has 1 aromatic carbocycles. The van der Waals surface area contributed by atoms with Crippen LogP contribution in [0, 0.1) is 11.2 Å². The monoisotopic (exact) mass is 356 g/mol. The van der Waals surface area contributed by atoms with Crippen LogP contribution in [0.25, 0.3) is 0 Å². The molecule has 138 valence electrons. The van der Waals surface area contributed by atoms with Crippen LogP contribution >= 0.6 is 0 Å². The van der Waals surface area contributed by atoms with E-state index >= 15 is 0 Å². The Bertz CT molecular complexity index is 738. The number of piperidine rings is 1. The van der Waals surface area contributed by atoms with Crippen molar-refractivity contribution in [3.05, 3.63) is 65.7 Å². The van der Waals surface area contributed by atoms with Gasteiger partial charge in [0.25, 0.3) is 0 Å². The Morgan fingerprint density at radius 2 is 2.15 bits per heavy atom. The second-order valence-electron chi connectivity index (χ2n) is 6.94. The maximum atomic E-state index is 14.2. The summed E-state index contributed by atoms with van der Waals surface area (Å²) in [6.07, 6.45) is 5.55. The van der Waals surface area contributed by atoms with Gasteiger partial charge < -0.3 is 4.74 Å². The maximum absolute atomic E-state index is 14.2. The van der Waals surface area contributed by atoms with Gasteiger partial charge in [-0.1, -0.05) is 24.3 Å². The summed E-state index contributed by atoms with van der Waals surface area (Å²) in [5.74, 6) is -0.486. The van der Waals surface area contributed by atoms with E-state index in [-0.39, 0.29) is 11.8 Å². The first-order chi connectivity index (χ1) is 12.6. The zero-order chi connectivity index (χ0) is 18.4. The number of nitrogens with zero attached hydrogens (tertiary/aromatic N) is 2. The highest BCUT2D eigenvalue weighted by Crippen LogP contribution is 2.36. The van der Waals surface area contributed by atoms with E-state index in [9.17, 15) is 9.18 Å². The van der Waals surface area contributed by atoms with Crippen molar-refractivity contribution >= 4 is 5.97 Å². The predicted octanol–water partition coefficient (Wildman–Crippen LogP) is 3.61. The van der Waals surface area contributed by atoms with Gasteiger partial charge in [0.1, 0.15) is 5.82 Å². The predicted molar refractivity (Wildman–Crippen MR) is 97.9 cm³/mol. The highest BCUT2D eigenvalue weighted by Gasteiger charge is 2.44. The second-order valence-corrected chi connectivity index (χ2v) is 6.94. The highest BCUT2D eigenvalue weighted by atomic mass is 19.1. The van der Waals surface area contributed by atoms with Crippen LogP contribution in [0.2, 0.25) is 0 Å². The molecule has 1 fully saturated rings. The van der Waals surface area contributed by atoms with Crippen molar-refractivity contribution in [3.63, 3.8) is 0 Å². The zero-order valence-corrected chi connectivity index (χ0v) is 15.2. The number of halogens is 1. The van der Waals surface area contributed by atoms with Crippen LogP contribution in [-0.4, -0.2) is 35.5 Å². The standard InChI is InChI=1S/C21H25FN2O2/c1-2-26-20(25)21(13-18-8-3-4-9-19(18)22)10-6-12-24(16-21)15-17-7-5-11-23-14-17/h3-5,7-9,11,14H,2,6,10,12-13,15-16H2,1H3/t21-/m1/s1. The van der Waals surface area contributed by atoms with Crippen molar-refractivity contribution in [1.29, 1.82) is 0 Å². The van der Waals surface area contributed by atoms with Gasteiger partial charge in [0.15, 0.2) is 0 Å². The molecule has 3 rings (SSSR count). The number of hydrogen-bond acceptors (Lipinski definition) is 4. The maximum Gasteiger partial charge on any atom is 0.313 e. The summed E-state index contributed by atoms with van der Waals surface area (Å²) in [5.41, 5.74) is 0.973. The van der Waals surface area contributed by atoms with Crippen molar-refractivity contribution in [3.8, 4) is 0 Å². The van der Waals surface area contributed by atoms with Crippen LogP contribution in [-0.2, 0) is 22.5 Å². The van der Waals surface area contributed by atoms with E-state index < -0.39 is 5.41 Å². The normalized spacial score (nSPS) is 20.7. The second kappa shape index (κ2) is 8.41. The molecule has 5 heteroatoms. The topological polar surface area (TPSA) is 42.4 Å². The first kappa shape index (κ1) is 18.5. The number of likely N-dealkylation sites (tertiary alicyclic amines) is 1. The summed E-state index contributed by atoms with van der Waals surface area (Å²) in [6, 6.07) is 10.6. The lowest BCUT2D eigenvalue weighted by Crippen LogP contribution is -2.49. The molecule has 1 atom stereocenters. The van der Waals surface area contributed by atoms with Crippen molar-refractivity contribution in [1.82, 2.24) is 9.88 Å². The van der Waals surface area contributed by atoms with Gasteiger partial charge in [-0.3, -0.25) is 14.7 Å². The van der Waals surface area contributed by atoms with Crippen LogP contribution in [0.3, 0.4) is 0 Å². The average molecular weight is 356 g/mol. The molecule has 0 unspecified atom stereocenters. The summed E-state index contributed by atoms with van der Waals surface area (Å²) in [7, 11) is 0. The van der Waals surface area contributed by atoms with E-state index in [1.54, 1.807) is 18.3 Å². The highest BCUT2D eigenvalue weighted by molar-refractivity contribution is 5.77. The minimum Gasteiger partial charge on any atom is -0.466 e. The molecule has 1 aliphatic rings. The molecule has 1 aliphatic heterocycles. The number of ether oxygens (including phenoxy) is 1. The largest absolute Gasteiger partial charge is 0.466 e. The molecule has 4 nitrogen and oxygen atoms in total. The molecule has 0 amide bonds. The molecule has 26 heavy (non-hydrogen) atoms. The third-order valence-electron chi connectivity index (χ3n) is 4.98. The van der Waals surface area contributed by atoms with Crippen molar-refractivity contribution in [2.75, 3.05) is 19.7 Å². The number of aromatic nitrogens is 1. The number of carbonyl (C=O) groups is 1. The van der Waals surface area contributed by atoms with E-state index in [2.05, 4.69) is 9.88 Å². The Balaban J connectivity index is 1.83. The summed E-state index contributed by atoms with van der Waals surface area (Å²) in [4.78, 5) is 19.3. The van der Waals surface area contributed by atoms with Gasteiger partial charge in [-0.25, -0.2) is 4.39 Å². The molecule has 0 spiro atoms. The van der Waals surface area contributed by atoms with Crippen molar-refractivity contribution in [2.45, 2.75) is 32.7 Å².